The summed E-state index contributed by atoms with van der Waals surface area (Å²) in [6.07, 6.45) is -1.95. The van der Waals surface area contributed by atoms with Crippen molar-refractivity contribution in [3.05, 3.63) is 29.3 Å². The van der Waals surface area contributed by atoms with E-state index in [-0.39, 0.29) is 12.3 Å². The molecule has 1 heterocycles. The highest BCUT2D eigenvalue weighted by molar-refractivity contribution is 5.93. The first-order valence-electron chi connectivity index (χ1n) is 6.78. The van der Waals surface area contributed by atoms with Gasteiger partial charge in [0.1, 0.15) is 6.10 Å². The van der Waals surface area contributed by atoms with Crippen molar-refractivity contribution in [2.24, 2.45) is 0 Å². The van der Waals surface area contributed by atoms with Gasteiger partial charge in [-0.05, 0) is 23.6 Å². The number of amides is 1. The van der Waals surface area contributed by atoms with Gasteiger partial charge >= 0.3 is 5.97 Å². The third-order valence-electron chi connectivity index (χ3n) is 3.69. The fraction of sp³-hybridized carbons (Fsp3) is 0.467. The minimum absolute atomic E-state index is 0.0206. The number of hydrogen-bond donors (Lipinski definition) is 2. The number of rotatable bonds is 4. The predicted octanol–water partition coefficient (Wildman–Crippen LogP) is 0.553. The number of methoxy groups -OCH3 is 1. The standard InChI is InChI=1S/C15H19NO5/c1-9(17)16-6-5-10-7-11(3-4-12(10)16)15(20)13(18)8-14(19)21-2/h3-4,7,13,15,18,20H,5-6,8H2,1-2H3. The number of aliphatic hydroxyl groups excluding tert-OH is 2. The lowest BCUT2D eigenvalue weighted by Crippen LogP contribution is -2.25. The largest absolute Gasteiger partial charge is 0.469 e. The van der Waals surface area contributed by atoms with Crippen LogP contribution in [0.2, 0.25) is 0 Å². The van der Waals surface area contributed by atoms with Gasteiger partial charge in [0, 0.05) is 19.2 Å². The van der Waals surface area contributed by atoms with Gasteiger partial charge in [-0.3, -0.25) is 9.59 Å². The highest BCUT2D eigenvalue weighted by Crippen LogP contribution is 2.31. The Bertz CT molecular complexity index is 557. The Morgan fingerprint density at radius 2 is 2.10 bits per heavy atom. The molecule has 2 N–H and O–H groups in total. The van der Waals surface area contributed by atoms with E-state index in [1.54, 1.807) is 23.1 Å². The minimum atomic E-state index is -1.22. The summed E-state index contributed by atoms with van der Waals surface area (Å²) in [7, 11) is 1.23. The SMILES string of the molecule is COC(=O)CC(O)C(O)c1ccc2c(c1)CCN2C(C)=O. The van der Waals surface area contributed by atoms with Crippen molar-refractivity contribution < 1.29 is 24.5 Å². The highest BCUT2D eigenvalue weighted by atomic mass is 16.5. The first-order valence-corrected chi connectivity index (χ1v) is 6.78. The van der Waals surface area contributed by atoms with Crippen molar-refractivity contribution >= 4 is 17.6 Å². The van der Waals surface area contributed by atoms with Gasteiger partial charge in [-0.25, -0.2) is 0 Å². The second-order valence-electron chi connectivity index (χ2n) is 5.10. The molecular formula is C15H19NO5. The molecular weight excluding hydrogens is 274 g/mol. The van der Waals surface area contributed by atoms with E-state index in [1.807, 2.05) is 0 Å². The number of carbonyl (C=O) groups excluding carboxylic acids is 2. The zero-order valence-electron chi connectivity index (χ0n) is 12.1. The van der Waals surface area contributed by atoms with Gasteiger partial charge in [0.15, 0.2) is 0 Å². The summed E-state index contributed by atoms with van der Waals surface area (Å²) < 4.78 is 4.47. The molecule has 21 heavy (non-hydrogen) atoms. The molecule has 0 aromatic heterocycles. The van der Waals surface area contributed by atoms with Gasteiger partial charge in [-0.15, -0.1) is 0 Å². The van der Waals surface area contributed by atoms with E-state index in [1.165, 1.54) is 14.0 Å². The topological polar surface area (TPSA) is 87.1 Å². The number of aliphatic hydroxyl groups is 2. The van der Waals surface area contributed by atoms with Gasteiger partial charge in [0.25, 0.3) is 0 Å². The number of fused-ring (bicyclic) bond motifs is 1. The molecule has 0 saturated carbocycles. The number of ether oxygens (including phenoxy) is 1. The molecule has 1 aromatic rings. The Labute approximate surface area is 122 Å². The molecule has 114 valence electrons. The molecule has 0 radical (unpaired) electrons. The summed E-state index contributed by atoms with van der Waals surface area (Å²) in [4.78, 5) is 24.3. The van der Waals surface area contributed by atoms with Crippen LogP contribution >= 0.6 is 0 Å². The number of esters is 1. The van der Waals surface area contributed by atoms with Gasteiger partial charge in [-0.1, -0.05) is 12.1 Å². The zero-order valence-corrected chi connectivity index (χ0v) is 12.1. The molecule has 0 fully saturated rings. The van der Waals surface area contributed by atoms with Crippen molar-refractivity contribution in [3.63, 3.8) is 0 Å². The third kappa shape index (κ3) is 3.22. The van der Waals surface area contributed by atoms with Crippen LogP contribution in [0.5, 0.6) is 0 Å². The van der Waals surface area contributed by atoms with Gasteiger partial charge in [-0.2, -0.15) is 0 Å². The summed E-state index contributed by atoms with van der Waals surface area (Å²) in [5.41, 5.74) is 2.31. The summed E-state index contributed by atoms with van der Waals surface area (Å²) in [6.45, 7) is 2.13. The summed E-state index contributed by atoms with van der Waals surface area (Å²) in [5, 5.41) is 19.9. The van der Waals surface area contributed by atoms with E-state index < -0.39 is 18.2 Å². The maximum Gasteiger partial charge on any atom is 0.308 e. The van der Waals surface area contributed by atoms with E-state index in [0.717, 1.165) is 11.3 Å². The molecule has 1 aliphatic heterocycles. The molecule has 0 aliphatic carbocycles. The molecule has 6 nitrogen and oxygen atoms in total. The smallest absolute Gasteiger partial charge is 0.308 e. The van der Waals surface area contributed by atoms with Crippen molar-refractivity contribution in [3.8, 4) is 0 Å². The van der Waals surface area contributed by atoms with Crippen LogP contribution in [0, 0.1) is 0 Å². The number of anilines is 1. The predicted molar refractivity (Wildman–Crippen MR) is 75.8 cm³/mol. The van der Waals surface area contributed by atoms with Crippen LogP contribution in [-0.2, 0) is 20.7 Å². The second kappa shape index (κ2) is 6.24. The first kappa shape index (κ1) is 15.5. The Morgan fingerprint density at radius 3 is 2.71 bits per heavy atom. The zero-order chi connectivity index (χ0) is 15.6. The van der Waals surface area contributed by atoms with Crippen molar-refractivity contribution in [1.82, 2.24) is 0 Å². The molecule has 0 bridgehead atoms. The molecule has 1 aromatic carbocycles. The van der Waals surface area contributed by atoms with E-state index in [0.29, 0.717) is 18.5 Å². The van der Waals surface area contributed by atoms with Gasteiger partial charge < -0.3 is 19.8 Å². The van der Waals surface area contributed by atoms with E-state index in [9.17, 15) is 19.8 Å². The minimum Gasteiger partial charge on any atom is -0.469 e. The van der Waals surface area contributed by atoms with E-state index >= 15 is 0 Å². The van der Waals surface area contributed by atoms with Crippen LogP contribution in [0.3, 0.4) is 0 Å². The van der Waals surface area contributed by atoms with Crippen LogP contribution in [-0.4, -0.2) is 41.8 Å². The lowest BCUT2D eigenvalue weighted by atomic mass is 9.99. The maximum absolute atomic E-state index is 11.5. The normalized spacial score (nSPS) is 16.3. The molecule has 0 saturated heterocycles. The fourth-order valence-corrected chi connectivity index (χ4v) is 2.52. The van der Waals surface area contributed by atoms with Gasteiger partial charge in [0.05, 0.1) is 19.6 Å². The van der Waals surface area contributed by atoms with Crippen molar-refractivity contribution in [2.75, 3.05) is 18.6 Å². The van der Waals surface area contributed by atoms with Gasteiger partial charge in [0.2, 0.25) is 5.91 Å². The number of carbonyl (C=O) groups is 2. The monoisotopic (exact) mass is 293 g/mol. The maximum atomic E-state index is 11.5. The average molecular weight is 293 g/mol. The Balaban J connectivity index is 2.15. The third-order valence-corrected chi connectivity index (χ3v) is 3.69. The summed E-state index contributed by atoms with van der Waals surface area (Å²) in [5.74, 6) is -0.599. The van der Waals surface area contributed by atoms with Crippen LogP contribution in [0.4, 0.5) is 5.69 Å². The highest BCUT2D eigenvalue weighted by Gasteiger charge is 2.26. The molecule has 1 amide bonds. The van der Waals surface area contributed by atoms with Crippen molar-refractivity contribution in [2.45, 2.75) is 32.0 Å². The molecule has 2 unspecified atom stereocenters. The molecule has 0 spiro atoms. The summed E-state index contributed by atoms with van der Waals surface area (Å²) in [6, 6.07) is 5.18. The quantitative estimate of drug-likeness (QED) is 0.792. The fourth-order valence-electron chi connectivity index (χ4n) is 2.52. The Hall–Kier alpha value is -1.92. The van der Waals surface area contributed by atoms with Crippen molar-refractivity contribution in [1.29, 1.82) is 0 Å². The number of nitrogens with zero attached hydrogens (tertiary/aromatic N) is 1. The number of benzene rings is 1. The molecule has 2 rings (SSSR count). The van der Waals surface area contributed by atoms with Crippen LogP contribution in [0.15, 0.2) is 18.2 Å². The van der Waals surface area contributed by atoms with E-state index in [2.05, 4.69) is 4.74 Å². The summed E-state index contributed by atoms with van der Waals surface area (Å²) >= 11 is 0. The second-order valence-corrected chi connectivity index (χ2v) is 5.10. The molecule has 2 atom stereocenters. The molecule has 1 aliphatic rings. The lowest BCUT2D eigenvalue weighted by Gasteiger charge is -2.19. The average Bonchev–Trinajstić information content (AvgIpc) is 2.89. The Kier molecular flexibility index (Phi) is 4.59. The van der Waals surface area contributed by atoms with Crippen LogP contribution in [0.25, 0.3) is 0 Å². The van der Waals surface area contributed by atoms with E-state index in [4.69, 9.17) is 0 Å². The Morgan fingerprint density at radius 1 is 1.38 bits per heavy atom. The lowest BCUT2D eigenvalue weighted by molar-refractivity contribution is -0.144. The number of hydrogen-bond acceptors (Lipinski definition) is 5. The first-order chi connectivity index (χ1) is 9.93. The van der Waals surface area contributed by atoms with Crippen LogP contribution < -0.4 is 4.90 Å². The molecule has 6 heteroatoms. The van der Waals surface area contributed by atoms with Crippen LogP contribution in [0.1, 0.15) is 30.6 Å².